The molecule has 1 amide bonds. The van der Waals surface area contributed by atoms with Gasteiger partial charge in [0.25, 0.3) is 0 Å². The van der Waals surface area contributed by atoms with E-state index in [9.17, 15) is 9.59 Å². The molecule has 0 aromatic heterocycles. The molecule has 6 aromatic carbocycles. The van der Waals surface area contributed by atoms with Crippen LogP contribution in [0.25, 0.3) is 32.7 Å². The minimum Gasteiger partial charge on any atom is -0.491 e. The molecule has 300 valence electrons. The first-order valence-electron chi connectivity index (χ1n) is 19.3. The van der Waals surface area contributed by atoms with Gasteiger partial charge in [-0.25, -0.2) is 9.59 Å². The lowest BCUT2D eigenvalue weighted by atomic mass is 9.92. The Morgan fingerprint density at radius 2 is 1.07 bits per heavy atom. The molecule has 0 spiro atoms. The first-order valence-corrected chi connectivity index (χ1v) is 19.3. The number of alkyl carbamates (subject to hydrolysis) is 1. The predicted molar refractivity (Wildman–Crippen MR) is 221 cm³/mol. The van der Waals surface area contributed by atoms with E-state index in [2.05, 4.69) is 41.7 Å². The summed E-state index contributed by atoms with van der Waals surface area (Å²) in [6.07, 6.45) is -0.663. The van der Waals surface area contributed by atoms with Crippen LogP contribution in [-0.2, 0) is 36.8 Å². The largest absolute Gasteiger partial charge is 0.491 e. The van der Waals surface area contributed by atoms with Crippen LogP contribution in [0.15, 0.2) is 121 Å². The second kappa shape index (κ2) is 19.2. The zero-order valence-electron chi connectivity index (χ0n) is 32.7. The Hall–Kier alpha value is -6.30. The molecular weight excluding hydrogens is 739 g/mol. The van der Waals surface area contributed by atoms with E-state index in [1.807, 2.05) is 72.8 Å². The summed E-state index contributed by atoms with van der Waals surface area (Å²) in [4.78, 5) is 25.9. The van der Waals surface area contributed by atoms with Gasteiger partial charge in [-0.3, -0.25) is 0 Å². The lowest BCUT2D eigenvalue weighted by molar-refractivity contribution is -0.147. The Morgan fingerprint density at radius 3 is 1.64 bits per heavy atom. The second-order valence-corrected chi connectivity index (χ2v) is 13.9. The number of benzene rings is 6. The summed E-state index contributed by atoms with van der Waals surface area (Å²) in [5.74, 6) is 1.76. The summed E-state index contributed by atoms with van der Waals surface area (Å²) in [5, 5.41) is 6.99. The number of amides is 1. The zero-order chi connectivity index (χ0) is 40.2. The van der Waals surface area contributed by atoms with Crippen LogP contribution in [0.4, 0.5) is 4.79 Å². The smallest absolute Gasteiger partial charge is 0.408 e. The minimum atomic E-state index is -1.44. The summed E-state index contributed by atoms with van der Waals surface area (Å²) in [6, 6.07) is 39.3. The van der Waals surface area contributed by atoms with E-state index < -0.39 is 17.6 Å². The number of hydrogen-bond donors (Lipinski definition) is 1. The van der Waals surface area contributed by atoms with Crippen LogP contribution < -0.4 is 24.3 Å². The first kappa shape index (κ1) is 39.9. The number of esters is 1. The van der Waals surface area contributed by atoms with Gasteiger partial charge in [0.15, 0.2) is 11.5 Å². The number of rotatable bonds is 6. The number of carbonyl (C=O) groups is 2. The fourth-order valence-corrected chi connectivity index (χ4v) is 6.99. The number of carbonyl (C=O) groups excluding carboxylic acids is 2. The average Bonchev–Trinajstić information content (AvgIpc) is 3.25. The summed E-state index contributed by atoms with van der Waals surface area (Å²) < 4.78 is 47.6. The van der Waals surface area contributed by atoms with E-state index in [1.165, 1.54) is 7.11 Å². The normalized spacial score (nSPS) is 15.0. The summed E-state index contributed by atoms with van der Waals surface area (Å²) >= 11 is 0. The monoisotopic (exact) mass is 785 g/mol. The molecule has 0 fully saturated rings. The molecule has 1 heterocycles. The predicted octanol–water partition coefficient (Wildman–Crippen LogP) is 8.32. The topological polar surface area (TPSA) is 120 Å². The van der Waals surface area contributed by atoms with Gasteiger partial charge in [0, 0.05) is 17.5 Å². The van der Waals surface area contributed by atoms with Crippen molar-refractivity contribution in [2.24, 2.45) is 0 Å². The highest BCUT2D eigenvalue weighted by molar-refractivity contribution is 6.09. The Morgan fingerprint density at radius 1 is 0.569 bits per heavy atom. The van der Waals surface area contributed by atoms with Crippen LogP contribution in [-0.4, -0.2) is 77.6 Å². The van der Waals surface area contributed by atoms with Crippen LogP contribution in [0.1, 0.15) is 18.1 Å². The maximum absolute atomic E-state index is 13.0. The van der Waals surface area contributed by atoms with E-state index in [1.54, 1.807) is 19.1 Å². The molecule has 0 aliphatic carbocycles. The standard InChI is InChI=1S/C47H47NO10/c1-47(45(49)51-2,48-46(50)58-32-33-10-4-3-5-11-33)31-34-16-19-39-42(30-34)57-29-25-53-24-28-56-41-21-18-36-13-7-9-15-38(36)44(41)43-37-14-8-6-12-35(37)17-20-40(43)55-27-23-52-22-26-54-39/h3-21,30H,22-29,31-32H2,1-2H3,(H,48,50)/t47-/m0/s1. The van der Waals surface area contributed by atoms with E-state index in [0.717, 1.165) is 49.7 Å². The van der Waals surface area contributed by atoms with Crippen LogP contribution in [0, 0.1) is 0 Å². The first-order chi connectivity index (χ1) is 28.4. The molecule has 1 aliphatic heterocycles. The van der Waals surface area contributed by atoms with Gasteiger partial charge < -0.3 is 43.2 Å². The van der Waals surface area contributed by atoms with Gasteiger partial charge in [-0.1, -0.05) is 97.1 Å². The third-order valence-corrected chi connectivity index (χ3v) is 9.76. The highest BCUT2D eigenvalue weighted by Gasteiger charge is 2.37. The van der Waals surface area contributed by atoms with E-state index >= 15 is 0 Å². The van der Waals surface area contributed by atoms with Gasteiger partial charge in [-0.15, -0.1) is 0 Å². The molecule has 11 nitrogen and oxygen atoms in total. The molecule has 11 heteroatoms. The number of ether oxygens (including phenoxy) is 8. The number of hydrogen-bond acceptors (Lipinski definition) is 10. The van der Waals surface area contributed by atoms with Crippen LogP contribution in [0.2, 0.25) is 0 Å². The van der Waals surface area contributed by atoms with Crippen molar-refractivity contribution >= 4 is 33.6 Å². The van der Waals surface area contributed by atoms with Crippen molar-refractivity contribution in [2.45, 2.75) is 25.5 Å². The number of fused-ring (bicyclic) bond motifs is 8. The highest BCUT2D eigenvalue weighted by Crippen LogP contribution is 2.45. The van der Waals surface area contributed by atoms with Crippen LogP contribution in [0.3, 0.4) is 0 Å². The maximum atomic E-state index is 13.0. The molecule has 0 bridgehead atoms. The van der Waals surface area contributed by atoms with Gasteiger partial charge >= 0.3 is 12.1 Å². The van der Waals surface area contributed by atoms with Gasteiger partial charge in [-0.05, 0) is 63.9 Å². The van der Waals surface area contributed by atoms with Crippen molar-refractivity contribution in [1.29, 1.82) is 0 Å². The van der Waals surface area contributed by atoms with Gasteiger partial charge in [-0.2, -0.15) is 0 Å². The van der Waals surface area contributed by atoms with Crippen molar-refractivity contribution in [2.75, 3.05) is 60.0 Å². The minimum absolute atomic E-state index is 0.0503. The third-order valence-electron chi connectivity index (χ3n) is 9.76. The van der Waals surface area contributed by atoms with Crippen molar-refractivity contribution in [3.05, 3.63) is 132 Å². The molecule has 0 unspecified atom stereocenters. The molecule has 1 aliphatic rings. The van der Waals surface area contributed by atoms with Gasteiger partial charge in [0.05, 0.1) is 33.5 Å². The Balaban J connectivity index is 1.07. The van der Waals surface area contributed by atoms with E-state index in [0.29, 0.717) is 50.1 Å². The molecule has 0 saturated carbocycles. The molecule has 1 N–H and O–H groups in total. The maximum Gasteiger partial charge on any atom is 0.408 e. The fraction of sp³-hybridized carbons (Fsp3) is 0.277. The molecular formula is C47H47NO10. The van der Waals surface area contributed by atoms with Crippen LogP contribution in [0.5, 0.6) is 23.0 Å². The Kier molecular flexibility index (Phi) is 13.2. The van der Waals surface area contributed by atoms with Crippen LogP contribution >= 0.6 is 0 Å². The lowest BCUT2D eigenvalue weighted by Crippen LogP contribution is -2.54. The lowest BCUT2D eigenvalue weighted by Gasteiger charge is -2.28. The average molecular weight is 786 g/mol. The van der Waals surface area contributed by atoms with Gasteiger partial charge in [0.2, 0.25) is 0 Å². The van der Waals surface area contributed by atoms with Gasteiger partial charge in [0.1, 0.15) is 50.1 Å². The molecule has 58 heavy (non-hydrogen) atoms. The molecule has 1 atom stereocenters. The SMILES string of the molecule is COC(=O)[C@](C)(Cc1ccc2c(c1)OCCOCCOc1ccc3ccccc3c1-c1c(ccc3ccccc13)OCCOCCO2)NC(=O)OCc1ccccc1. The quantitative estimate of drug-likeness (QED) is 0.165. The second-order valence-electron chi connectivity index (χ2n) is 13.9. The van der Waals surface area contributed by atoms with Crippen molar-refractivity contribution in [3.8, 4) is 34.1 Å². The summed E-state index contributed by atoms with van der Waals surface area (Å²) in [5.41, 5.74) is 1.97. The van der Waals surface area contributed by atoms with Crippen molar-refractivity contribution in [1.82, 2.24) is 5.32 Å². The van der Waals surface area contributed by atoms with Crippen molar-refractivity contribution < 1.29 is 47.5 Å². The number of methoxy groups -OCH3 is 1. The number of nitrogens with one attached hydrogen (secondary N) is 1. The highest BCUT2D eigenvalue weighted by atomic mass is 16.6. The van der Waals surface area contributed by atoms with E-state index in [-0.39, 0.29) is 32.8 Å². The fourth-order valence-electron chi connectivity index (χ4n) is 6.99. The Bertz CT molecular complexity index is 2330. The molecule has 6 aromatic rings. The summed E-state index contributed by atoms with van der Waals surface area (Å²) in [6.45, 7) is 3.95. The van der Waals surface area contributed by atoms with Crippen molar-refractivity contribution in [3.63, 3.8) is 0 Å². The molecule has 0 radical (unpaired) electrons. The van der Waals surface area contributed by atoms with E-state index in [4.69, 9.17) is 37.9 Å². The third kappa shape index (κ3) is 9.79. The summed E-state index contributed by atoms with van der Waals surface area (Å²) in [7, 11) is 1.27. The molecule has 7 rings (SSSR count). The molecule has 0 saturated heterocycles. The zero-order valence-corrected chi connectivity index (χ0v) is 32.7. The Labute approximate surface area is 337 Å².